The van der Waals surface area contributed by atoms with E-state index in [-0.39, 0.29) is 12.1 Å². The van der Waals surface area contributed by atoms with Crippen LogP contribution in [0.4, 0.5) is 10.6 Å². The summed E-state index contributed by atoms with van der Waals surface area (Å²) in [5.41, 5.74) is 3.01. The van der Waals surface area contributed by atoms with E-state index in [0.717, 1.165) is 29.9 Å². The maximum Gasteiger partial charge on any atom is 0.320 e. The van der Waals surface area contributed by atoms with Gasteiger partial charge in [0.1, 0.15) is 0 Å². The molecule has 24 heavy (non-hydrogen) atoms. The summed E-state index contributed by atoms with van der Waals surface area (Å²) < 4.78 is 8.62. The molecule has 0 aliphatic heterocycles. The largest absolute Gasteiger partial charge is 0.385 e. The fourth-order valence-electron chi connectivity index (χ4n) is 2.76. The van der Waals surface area contributed by atoms with Gasteiger partial charge in [-0.05, 0) is 27.2 Å². The van der Waals surface area contributed by atoms with Gasteiger partial charge in [-0.25, -0.2) is 4.79 Å². The zero-order chi connectivity index (χ0) is 17.7. The normalized spacial score (nSPS) is 12.2. The predicted octanol–water partition coefficient (Wildman–Crippen LogP) is 2.15. The van der Waals surface area contributed by atoms with Gasteiger partial charge in [-0.3, -0.25) is 14.7 Å². The first-order valence-electron chi connectivity index (χ1n) is 8.02. The van der Waals surface area contributed by atoms with Gasteiger partial charge in [-0.2, -0.15) is 10.2 Å². The molecule has 2 aromatic heterocycles. The van der Waals surface area contributed by atoms with Gasteiger partial charge in [0.05, 0.1) is 11.7 Å². The molecule has 2 rings (SSSR count). The molecule has 0 saturated heterocycles. The third-order valence-electron chi connectivity index (χ3n) is 3.96. The number of ether oxygens (including phenoxy) is 1. The number of carbonyl (C=O) groups excluding carboxylic acids is 1. The number of aryl methyl sites for hydroxylation is 3. The van der Waals surface area contributed by atoms with E-state index in [9.17, 15) is 4.79 Å². The molecule has 2 N–H and O–H groups in total. The maximum absolute atomic E-state index is 12.2. The van der Waals surface area contributed by atoms with Crippen molar-refractivity contribution >= 4 is 11.8 Å². The summed E-state index contributed by atoms with van der Waals surface area (Å²) in [6.45, 7) is 7.32. The number of carbonyl (C=O) groups is 1. The fourth-order valence-corrected chi connectivity index (χ4v) is 2.76. The highest BCUT2D eigenvalue weighted by atomic mass is 16.5. The van der Waals surface area contributed by atoms with E-state index < -0.39 is 0 Å². The Balaban J connectivity index is 1.91. The summed E-state index contributed by atoms with van der Waals surface area (Å²) in [5, 5.41) is 14.4. The molecular weight excluding hydrogens is 308 g/mol. The van der Waals surface area contributed by atoms with Crippen molar-refractivity contribution in [2.75, 3.05) is 19.0 Å². The van der Waals surface area contributed by atoms with Crippen molar-refractivity contribution in [1.29, 1.82) is 0 Å². The van der Waals surface area contributed by atoms with Crippen LogP contribution in [0.2, 0.25) is 0 Å². The summed E-state index contributed by atoms with van der Waals surface area (Å²) in [7, 11) is 3.57. The van der Waals surface area contributed by atoms with Gasteiger partial charge in [-0.1, -0.05) is 0 Å². The second-order valence-electron chi connectivity index (χ2n) is 5.84. The van der Waals surface area contributed by atoms with Crippen molar-refractivity contribution in [3.63, 3.8) is 0 Å². The number of hydrogen-bond donors (Lipinski definition) is 2. The number of aromatic nitrogens is 4. The van der Waals surface area contributed by atoms with Crippen molar-refractivity contribution < 1.29 is 9.53 Å². The highest BCUT2D eigenvalue weighted by Gasteiger charge is 2.18. The summed E-state index contributed by atoms with van der Waals surface area (Å²) >= 11 is 0. The van der Waals surface area contributed by atoms with Crippen molar-refractivity contribution in [3.8, 4) is 0 Å². The average Bonchev–Trinajstić information content (AvgIpc) is 3.04. The van der Waals surface area contributed by atoms with Crippen LogP contribution in [0.5, 0.6) is 0 Å². The average molecular weight is 334 g/mol. The second-order valence-corrected chi connectivity index (χ2v) is 5.84. The Kier molecular flexibility index (Phi) is 5.97. The van der Waals surface area contributed by atoms with E-state index in [4.69, 9.17) is 4.74 Å². The molecule has 2 aromatic rings. The van der Waals surface area contributed by atoms with Crippen molar-refractivity contribution in [1.82, 2.24) is 24.9 Å². The lowest BCUT2D eigenvalue weighted by Crippen LogP contribution is -2.31. The lowest BCUT2D eigenvalue weighted by molar-refractivity contribution is 0.189. The lowest BCUT2D eigenvalue weighted by Gasteiger charge is -2.14. The van der Waals surface area contributed by atoms with Gasteiger partial charge in [-0.15, -0.1) is 0 Å². The zero-order valence-corrected chi connectivity index (χ0v) is 15.0. The smallest absolute Gasteiger partial charge is 0.320 e. The molecule has 0 aromatic carbocycles. The molecule has 0 aliphatic carbocycles. The Bertz CT molecular complexity index is 691. The third-order valence-corrected chi connectivity index (χ3v) is 3.96. The van der Waals surface area contributed by atoms with Crippen LogP contribution in [-0.4, -0.2) is 39.3 Å². The number of methoxy groups -OCH3 is 1. The number of rotatable bonds is 7. The first-order valence-corrected chi connectivity index (χ1v) is 8.02. The topological polar surface area (TPSA) is 86.0 Å². The Labute approximate surface area is 142 Å². The minimum Gasteiger partial charge on any atom is -0.385 e. The second kappa shape index (κ2) is 7.96. The molecule has 0 bridgehead atoms. The summed E-state index contributed by atoms with van der Waals surface area (Å²) in [6.07, 6.45) is 2.71. The van der Waals surface area contributed by atoms with Crippen LogP contribution in [0, 0.1) is 13.8 Å². The fraction of sp³-hybridized carbons (Fsp3) is 0.562. The SMILES string of the molecule is COCCCn1ccc(NC(=O)NC(C)c2c(C)nn(C)c2C)n1. The number of nitrogens with zero attached hydrogens (tertiary/aromatic N) is 4. The van der Waals surface area contributed by atoms with E-state index in [1.165, 1.54) is 0 Å². The molecule has 2 heterocycles. The molecule has 2 amide bonds. The van der Waals surface area contributed by atoms with Crippen LogP contribution in [0.3, 0.4) is 0 Å². The van der Waals surface area contributed by atoms with Crippen molar-refractivity contribution in [2.24, 2.45) is 7.05 Å². The Hall–Kier alpha value is -2.35. The number of nitrogens with one attached hydrogen (secondary N) is 2. The molecule has 8 nitrogen and oxygen atoms in total. The van der Waals surface area contributed by atoms with Crippen LogP contribution in [0.15, 0.2) is 12.3 Å². The summed E-state index contributed by atoms with van der Waals surface area (Å²) in [5.74, 6) is 0.525. The summed E-state index contributed by atoms with van der Waals surface area (Å²) in [6, 6.07) is 1.35. The van der Waals surface area contributed by atoms with Gasteiger partial charge < -0.3 is 10.1 Å². The quantitative estimate of drug-likeness (QED) is 0.760. The molecule has 0 aliphatic rings. The monoisotopic (exact) mass is 334 g/mol. The Morgan fingerprint density at radius 3 is 2.75 bits per heavy atom. The van der Waals surface area contributed by atoms with Crippen LogP contribution in [0.1, 0.15) is 36.3 Å². The molecule has 1 unspecified atom stereocenters. The number of urea groups is 1. The molecule has 0 spiro atoms. The molecule has 0 radical (unpaired) electrons. The standard InChI is InChI=1S/C16H26N6O2/c1-11(15-12(2)19-21(4)13(15)3)17-16(23)18-14-7-9-22(20-14)8-6-10-24-5/h7,9,11H,6,8,10H2,1-5H3,(H2,17,18,20,23). The van der Waals surface area contributed by atoms with Gasteiger partial charge in [0, 0.05) is 50.8 Å². The zero-order valence-electron chi connectivity index (χ0n) is 15.0. The first kappa shape index (κ1) is 18.0. The number of hydrogen-bond acceptors (Lipinski definition) is 4. The molecular formula is C16H26N6O2. The Morgan fingerprint density at radius 2 is 2.12 bits per heavy atom. The van der Waals surface area contributed by atoms with Crippen molar-refractivity contribution in [2.45, 2.75) is 39.8 Å². The highest BCUT2D eigenvalue weighted by molar-refractivity contribution is 5.88. The van der Waals surface area contributed by atoms with E-state index in [1.807, 2.05) is 38.7 Å². The first-order chi connectivity index (χ1) is 11.4. The number of amides is 2. The molecule has 8 heteroatoms. The van der Waals surface area contributed by atoms with Gasteiger partial charge >= 0.3 is 6.03 Å². The van der Waals surface area contributed by atoms with Crippen LogP contribution in [0.25, 0.3) is 0 Å². The van der Waals surface area contributed by atoms with Gasteiger partial charge in [0.2, 0.25) is 0 Å². The third kappa shape index (κ3) is 4.35. The van der Waals surface area contributed by atoms with Gasteiger partial charge in [0.15, 0.2) is 5.82 Å². The van der Waals surface area contributed by atoms with E-state index >= 15 is 0 Å². The number of anilines is 1. The lowest BCUT2D eigenvalue weighted by atomic mass is 10.1. The van der Waals surface area contributed by atoms with Crippen LogP contribution >= 0.6 is 0 Å². The highest BCUT2D eigenvalue weighted by Crippen LogP contribution is 2.20. The minimum atomic E-state index is -0.285. The van der Waals surface area contributed by atoms with E-state index in [1.54, 1.807) is 17.9 Å². The van der Waals surface area contributed by atoms with E-state index in [0.29, 0.717) is 12.4 Å². The molecule has 1 atom stereocenters. The molecule has 0 saturated carbocycles. The molecule has 0 fully saturated rings. The van der Waals surface area contributed by atoms with Crippen molar-refractivity contribution in [3.05, 3.63) is 29.2 Å². The summed E-state index contributed by atoms with van der Waals surface area (Å²) in [4.78, 5) is 12.2. The van der Waals surface area contributed by atoms with E-state index in [2.05, 4.69) is 20.8 Å². The van der Waals surface area contributed by atoms with Crippen LogP contribution in [-0.2, 0) is 18.3 Å². The maximum atomic E-state index is 12.2. The predicted molar refractivity (Wildman–Crippen MR) is 92.0 cm³/mol. The Morgan fingerprint density at radius 1 is 1.38 bits per heavy atom. The minimum absolute atomic E-state index is 0.137. The molecule has 132 valence electrons. The van der Waals surface area contributed by atoms with Gasteiger partial charge in [0.25, 0.3) is 0 Å². The van der Waals surface area contributed by atoms with Crippen LogP contribution < -0.4 is 10.6 Å².